The van der Waals surface area contributed by atoms with Gasteiger partial charge < -0.3 is 5.32 Å². The summed E-state index contributed by atoms with van der Waals surface area (Å²) in [5.74, 6) is 0.908. The van der Waals surface area contributed by atoms with Gasteiger partial charge in [0, 0.05) is 11.1 Å². The number of thiazole rings is 1. The van der Waals surface area contributed by atoms with Gasteiger partial charge >= 0.3 is 0 Å². The zero-order chi connectivity index (χ0) is 11.4. The summed E-state index contributed by atoms with van der Waals surface area (Å²) in [5, 5.41) is 6.56. The van der Waals surface area contributed by atoms with Crippen LogP contribution < -0.4 is 5.32 Å². The Morgan fingerprint density at radius 3 is 2.76 bits per heavy atom. The van der Waals surface area contributed by atoms with E-state index in [-0.39, 0.29) is 12.4 Å². The maximum absolute atomic E-state index is 4.49. The quantitative estimate of drug-likeness (QED) is 0.924. The van der Waals surface area contributed by atoms with Crippen LogP contribution in [0.2, 0.25) is 0 Å². The Morgan fingerprint density at radius 2 is 2.12 bits per heavy atom. The molecule has 0 aliphatic rings. The molecule has 0 aliphatic carbocycles. The van der Waals surface area contributed by atoms with Crippen molar-refractivity contribution in [3.8, 4) is 0 Å². The maximum atomic E-state index is 4.49. The van der Waals surface area contributed by atoms with E-state index >= 15 is 0 Å². The molecule has 2 aromatic heterocycles. The van der Waals surface area contributed by atoms with Crippen LogP contribution in [-0.2, 0) is 13.0 Å². The van der Waals surface area contributed by atoms with Crippen LogP contribution in [0.5, 0.6) is 0 Å². The normalized spacial score (nSPS) is 9.76. The minimum Gasteiger partial charge on any atom is -0.364 e. The fourth-order valence-corrected chi connectivity index (χ4v) is 2.16. The lowest BCUT2D eigenvalue weighted by atomic mass is 10.3. The number of rotatable bonds is 4. The first-order valence-corrected chi connectivity index (χ1v) is 6.26. The third kappa shape index (κ3) is 3.98. The van der Waals surface area contributed by atoms with Crippen molar-refractivity contribution in [3.63, 3.8) is 0 Å². The summed E-state index contributed by atoms with van der Waals surface area (Å²) >= 11 is 1.72. The Hall–Kier alpha value is -1.13. The van der Waals surface area contributed by atoms with E-state index in [1.807, 2.05) is 25.1 Å². The average Bonchev–Trinajstić information content (AvgIpc) is 2.74. The Labute approximate surface area is 112 Å². The molecule has 0 aliphatic heterocycles. The van der Waals surface area contributed by atoms with Crippen molar-refractivity contribution >= 4 is 29.6 Å². The first kappa shape index (κ1) is 13.9. The molecule has 17 heavy (non-hydrogen) atoms. The first-order chi connectivity index (χ1) is 7.78. The second-order valence-electron chi connectivity index (χ2n) is 3.60. The highest BCUT2D eigenvalue weighted by atomic mass is 35.5. The average molecular weight is 270 g/mol. The van der Waals surface area contributed by atoms with Gasteiger partial charge in [0.15, 0.2) is 0 Å². The van der Waals surface area contributed by atoms with Crippen molar-refractivity contribution in [2.24, 2.45) is 0 Å². The lowest BCUT2D eigenvalue weighted by Crippen LogP contribution is -2.02. The molecule has 2 aromatic rings. The Balaban J connectivity index is 0.00000144. The molecule has 0 radical (unpaired) electrons. The highest BCUT2D eigenvalue weighted by Crippen LogP contribution is 2.12. The standard InChI is InChI=1S/C12H15N3S.ClH/c1-3-12-15-10(8-16-12)7-13-11-6-4-5-9(2)14-11;/h4-6,8H,3,7H2,1-2H3,(H,13,14);1H. The molecule has 2 heterocycles. The van der Waals surface area contributed by atoms with Crippen LogP contribution in [0, 0.1) is 6.92 Å². The zero-order valence-corrected chi connectivity index (χ0v) is 11.6. The van der Waals surface area contributed by atoms with E-state index in [2.05, 4.69) is 27.6 Å². The molecule has 0 unspecified atom stereocenters. The maximum Gasteiger partial charge on any atom is 0.126 e. The van der Waals surface area contributed by atoms with E-state index in [1.54, 1.807) is 11.3 Å². The molecule has 0 atom stereocenters. The molecule has 0 bridgehead atoms. The van der Waals surface area contributed by atoms with Crippen LogP contribution in [0.15, 0.2) is 23.6 Å². The molecular formula is C12H16ClN3S. The number of pyridine rings is 1. The Bertz CT molecular complexity index is 470. The van der Waals surface area contributed by atoms with E-state index in [4.69, 9.17) is 0 Å². The van der Waals surface area contributed by atoms with Crippen molar-refractivity contribution in [3.05, 3.63) is 40.0 Å². The molecule has 2 rings (SSSR count). The highest BCUT2D eigenvalue weighted by molar-refractivity contribution is 7.09. The third-order valence-electron chi connectivity index (χ3n) is 2.24. The van der Waals surface area contributed by atoms with Crippen LogP contribution in [0.25, 0.3) is 0 Å². The molecular weight excluding hydrogens is 254 g/mol. The number of halogens is 1. The van der Waals surface area contributed by atoms with Gasteiger partial charge in [0.2, 0.25) is 0 Å². The summed E-state index contributed by atoms with van der Waals surface area (Å²) < 4.78 is 0. The minimum absolute atomic E-state index is 0. The summed E-state index contributed by atoms with van der Waals surface area (Å²) in [4.78, 5) is 8.87. The monoisotopic (exact) mass is 269 g/mol. The smallest absolute Gasteiger partial charge is 0.126 e. The van der Waals surface area contributed by atoms with Crippen LogP contribution in [0.1, 0.15) is 23.3 Å². The fourth-order valence-electron chi connectivity index (χ4n) is 1.42. The van der Waals surface area contributed by atoms with Crippen molar-refractivity contribution in [2.75, 3.05) is 5.32 Å². The molecule has 0 saturated carbocycles. The molecule has 3 nitrogen and oxygen atoms in total. The van der Waals surface area contributed by atoms with Gasteiger partial charge in [-0.2, -0.15) is 0 Å². The highest BCUT2D eigenvalue weighted by Gasteiger charge is 2.00. The number of aromatic nitrogens is 2. The molecule has 0 spiro atoms. The molecule has 0 saturated heterocycles. The van der Waals surface area contributed by atoms with Gasteiger partial charge in [-0.25, -0.2) is 9.97 Å². The fraction of sp³-hybridized carbons (Fsp3) is 0.333. The third-order valence-corrected chi connectivity index (χ3v) is 3.28. The van der Waals surface area contributed by atoms with E-state index in [1.165, 1.54) is 5.01 Å². The summed E-state index contributed by atoms with van der Waals surface area (Å²) in [7, 11) is 0. The summed E-state index contributed by atoms with van der Waals surface area (Å²) in [5.41, 5.74) is 2.11. The van der Waals surface area contributed by atoms with Gasteiger partial charge in [0.25, 0.3) is 0 Å². The first-order valence-electron chi connectivity index (χ1n) is 5.38. The van der Waals surface area contributed by atoms with Crippen molar-refractivity contribution in [1.82, 2.24) is 9.97 Å². The van der Waals surface area contributed by atoms with Crippen molar-refractivity contribution in [1.29, 1.82) is 0 Å². The lowest BCUT2D eigenvalue weighted by molar-refractivity contribution is 0.998. The number of anilines is 1. The topological polar surface area (TPSA) is 37.8 Å². The second-order valence-corrected chi connectivity index (χ2v) is 4.55. The van der Waals surface area contributed by atoms with E-state index in [0.717, 1.165) is 30.2 Å². The molecule has 0 aromatic carbocycles. The zero-order valence-electron chi connectivity index (χ0n) is 9.93. The summed E-state index contributed by atoms with van der Waals surface area (Å²) in [6.07, 6.45) is 1.01. The largest absolute Gasteiger partial charge is 0.364 e. The Morgan fingerprint density at radius 1 is 1.29 bits per heavy atom. The molecule has 0 amide bonds. The van der Waals surface area contributed by atoms with Crippen LogP contribution in [0.4, 0.5) is 5.82 Å². The Kier molecular flexibility index (Phi) is 5.38. The minimum atomic E-state index is 0. The van der Waals surface area contributed by atoms with Crippen LogP contribution >= 0.6 is 23.7 Å². The predicted octanol–water partition coefficient (Wildman–Crippen LogP) is 3.44. The number of hydrogen-bond acceptors (Lipinski definition) is 4. The second kappa shape index (κ2) is 6.57. The summed E-state index contributed by atoms with van der Waals surface area (Å²) in [6.45, 7) is 4.86. The van der Waals surface area contributed by atoms with E-state index < -0.39 is 0 Å². The van der Waals surface area contributed by atoms with Crippen LogP contribution in [-0.4, -0.2) is 9.97 Å². The van der Waals surface area contributed by atoms with Gasteiger partial charge in [0.1, 0.15) is 5.82 Å². The van der Waals surface area contributed by atoms with Gasteiger partial charge in [-0.3, -0.25) is 0 Å². The van der Waals surface area contributed by atoms with Crippen molar-refractivity contribution < 1.29 is 0 Å². The molecule has 1 N–H and O–H groups in total. The molecule has 5 heteroatoms. The number of hydrogen-bond donors (Lipinski definition) is 1. The summed E-state index contributed by atoms with van der Waals surface area (Å²) in [6, 6.07) is 5.96. The van der Waals surface area contributed by atoms with Crippen LogP contribution in [0.3, 0.4) is 0 Å². The lowest BCUT2D eigenvalue weighted by Gasteiger charge is -2.03. The van der Waals surface area contributed by atoms with E-state index in [0.29, 0.717) is 0 Å². The number of nitrogens with one attached hydrogen (secondary N) is 1. The molecule has 0 fully saturated rings. The predicted molar refractivity (Wildman–Crippen MR) is 75.0 cm³/mol. The number of nitrogens with zero attached hydrogens (tertiary/aromatic N) is 2. The van der Waals surface area contributed by atoms with Gasteiger partial charge in [-0.1, -0.05) is 13.0 Å². The molecule has 92 valence electrons. The van der Waals surface area contributed by atoms with Gasteiger partial charge in [0.05, 0.1) is 17.2 Å². The van der Waals surface area contributed by atoms with E-state index in [9.17, 15) is 0 Å². The van der Waals surface area contributed by atoms with Gasteiger partial charge in [-0.05, 0) is 25.5 Å². The van der Waals surface area contributed by atoms with Crippen molar-refractivity contribution in [2.45, 2.75) is 26.8 Å². The number of aryl methyl sites for hydroxylation is 2. The van der Waals surface area contributed by atoms with Gasteiger partial charge in [-0.15, -0.1) is 23.7 Å². The SMILES string of the molecule is CCc1nc(CNc2cccc(C)n2)cs1.Cl.